The Bertz CT molecular complexity index is 393. The van der Waals surface area contributed by atoms with E-state index in [0.29, 0.717) is 11.5 Å². The van der Waals surface area contributed by atoms with Gasteiger partial charge in [0.15, 0.2) is 0 Å². The van der Waals surface area contributed by atoms with Crippen molar-refractivity contribution in [3.05, 3.63) is 30.1 Å². The molecule has 1 N–H and O–H groups in total. The standard InChI is InChI=1S/C19H32N2/c1-4-11-21-18(14-17-7-12-20-13-8-17)19(15-16(2)3)9-5-6-10-19/h7-8,12-13,16,18,21H,4-6,9-11,14-15H2,1-3H3. The minimum atomic E-state index is 0.507. The Morgan fingerprint density at radius 2 is 1.86 bits per heavy atom. The summed E-state index contributed by atoms with van der Waals surface area (Å²) in [6.07, 6.45) is 13.2. The molecule has 1 heterocycles. The van der Waals surface area contributed by atoms with Gasteiger partial charge in [0.1, 0.15) is 0 Å². The highest BCUT2D eigenvalue weighted by atomic mass is 14.9. The largest absolute Gasteiger partial charge is 0.313 e. The summed E-state index contributed by atoms with van der Waals surface area (Å²) in [6.45, 7) is 8.16. The second-order valence-corrected chi connectivity index (χ2v) is 7.23. The summed E-state index contributed by atoms with van der Waals surface area (Å²) < 4.78 is 0. The van der Waals surface area contributed by atoms with Gasteiger partial charge in [-0.25, -0.2) is 0 Å². The quantitative estimate of drug-likeness (QED) is 0.756. The number of hydrogen-bond acceptors (Lipinski definition) is 2. The van der Waals surface area contributed by atoms with Crippen LogP contribution in [0.15, 0.2) is 24.5 Å². The third-order valence-corrected chi connectivity index (χ3v) is 4.98. The second-order valence-electron chi connectivity index (χ2n) is 7.23. The Kier molecular flexibility index (Phi) is 6.22. The van der Waals surface area contributed by atoms with Gasteiger partial charge in [-0.1, -0.05) is 33.6 Å². The Balaban J connectivity index is 2.15. The maximum atomic E-state index is 4.16. The fourth-order valence-corrected chi connectivity index (χ4v) is 4.17. The van der Waals surface area contributed by atoms with Crippen LogP contribution in [0.2, 0.25) is 0 Å². The summed E-state index contributed by atoms with van der Waals surface area (Å²) in [5.41, 5.74) is 1.93. The molecule has 0 aliphatic heterocycles. The van der Waals surface area contributed by atoms with Gasteiger partial charge < -0.3 is 5.32 Å². The first kappa shape index (κ1) is 16.5. The predicted octanol–water partition coefficient (Wildman–Crippen LogP) is 4.60. The van der Waals surface area contributed by atoms with Crippen molar-refractivity contribution >= 4 is 0 Å². The molecule has 2 heteroatoms. The van der Waals surface area contributed by atoms with Gasteiger partial charge in [-0.15, -0.1) is 0 Å². The lowest BCUT2D eigenvalue weighted by molar-refractivity contribution is 0.154. The van der Waals surface area contributed by atoms with E-state index in [1.807, 2.05) is 12.4 Å². The molecule has 1 fully saturated rings. The lowest BCUT2D eigenvalue weighted by atomic mass is 9.71. The van der Waals surface area contributed by atoms with E-state index in [1.54, 1.807) is 0 Å². The summed E-state index contributed by atoms with van der Waals surface area (Å²) >= 11 is 0. The maximum absolute atomic E-state index is 4.16. The molecule has 0 saturated heterocycles. The Labute approximate surface area is 130 Å². The number of pyridine rings is 1. The van der Waals surface area contributed by atoms with Gasteiger partial charge in [0, 0.05) is 18.4 Å². The van der Waals surface area contributed by atoms with Crippen LogP contribution in [0.5, 0.6) is 0 Å². The van der Waals surface area contributed by atoms with Crippen molar-refractivity contribution in [2.75, 3.05) is 6.54 Å². The van der Waals surface area contributed by atoms with Gasteiger partial charge in [0.2, 0.25) is 0 Å². The molecule has 21 heavy (non-hydrogen) atoms. The normalized spacial score (nSPS) is 19.0. The molecule has 0 spiro atoms. The van der Waals surface area contributed by atoms with Crippen LogP contribution >= 0.6 is 0 Å². The van der Waals surface area contributed by atoms with Crippen LogP contribution in [0.25, 0.3) is 0 Å². The average Bonchev–Trinajstić information content (AvgIpc) is 2.93. The van der Waals surface area contributed by atoms with Crippen LogP contribution in [0.4, 0.5) is 0 Å². The van der Waals surface area contributed by atoms with Crippen molar-refractivity contribution in [3.8, 4) is 0 Å². The summed E-state index contributed by atoms with van der Waals surface area (Å²) in [6, 6.07) is 4.97. The van der Waals surface area contributed by atoms with Crippen LogP contribution in [-0.4, -0.2) is 17.6 Å². The van der Waals surface area contributed by atoms with Crippen molar-refractivity contribution < 1.29 is 0 Å². The molecule has 1 aliphatic carbocycles. The highest BCUT2D eigenvalue weighted by Crippen LogP contribution is 2.46. The van der Waals surface area contributed by atoms with E-state index < -0.39 is 0 Å². The number of rotatable bonds is 8. The fourth-order valence-electron chi connectivity index (χ4n) is 4.17. The van der Waals surface area contributed by atoms with Crippen molar-refractivity contribution in [2.24, 2.45) is 11.3 Å². The van der Waals surface area contributed by atoms with Gasteiger partial charge in [0.05, 0.1) is 0 Å². The van der Waals surface area contributed by atoms with Gasteiger partial charge in [-0.2, -0.15) is 0 Å². The third kappa shape index (κ3) is 4.54. The molecule has 1 aliphatic rings. The number of nitrogens with zero attached hydrogens (tertiary/aromatic N) is 1. The second kappa shape index (κ2) is 7.93. The zero-order valence-corrected chi connectivity index (χ0v) is 14.1. The molecule has 0 radical (unpaired) electrons. The number of hydrogen-bond donors (Lipinski definition) is 1. The van der Waals surface area contributed by atoms with Crippen LogP contribution < -0.4 is 5.32 Å². The van der Waals surface area contributed by atoms with E-state index in [4.69, 9.17) is 0 Å². The van der Waals surface area contributed by atoms with E-state index in [9.17, 15) is 0 Å². The Morgan fingerprint density at radius 1 is 1.19 bits per heavy atom. The Morgan fingerprint density at radius 3 is 2.43 bits per heavy atom. The average molecular weight is 288 g/mol. The smallest absolute Gasteiger partial charge is 0.0270 e. The zero-order chi connectivity index (χ0) is 15.1. The molecule has 1 aromatic heterocycles. The molecule has 118 valence electrons. The lowest BCUT2D eigenvalue weighted by Gasteiger charge is -2.40. The molecule has 0 amide bonds. The molecule has 2 rings (SSSR count). The zero-order valence-electron chi connectivity index (χ0n) is 14.1. The molecule has 1 aromatic rings. The first-order valence-corrected chi connectivity index (χ1v) is 8.78. The molecule has 1 saturated carbocycles. The summed E-state index contributed by atoms with van der Waals surface area (Å²) in [5.74, 6) is 0.784. The first-order chi connectivity index (χ1) is 10.2. The minimum absolute atomic E-state index is 0.507. The summed E-state index contributed by atoms with van der Waals surface area (Å²) in [4.78, 5) is 4.16. The first-order valence-electron chi connectivity index (χ1n) is 8.78. The SMILES string of the molecule is CCCNC(Cc1ccncc1)C1(CC(C)C)CCCC1. The van der Waals surface area contributed by atoms with Crippen LogP contribution in [0, 0.1) is 11.3 Å². The fraction of sp³-hybridized carbons (Fsp3) is 0.737. The molecule has 1 atom stereocenters. The van der Waals surface area contributed by atoms with Gasteiger partial charge in [0.25, 0.3) is 0 Å². The monoisotopic (exact) mass is 288 g/mol. The highest BCUT2D eigenvalue weighted by Gasteiger charge is 2.41. The number of aromatic nitrogens is 1. The third-order valence-electron chi connectivity index (χ3n) is 4.98. The van der Waals surface area contributed by atoms with E-state index >= 15 is 0 Å². The van der Waals surface area contributed by atoms with E-state index in [2.05, 4.69) is 43.2 Å². The minimum Gasteiger partial charge on any atom is -0.313 e. The van der Waals surface area contributed by atoms with Gasteiger partial charge in [-0.3, -0.25) is 4.98 Å². The summed E-state index contributed by atoms with van der Waals surface area (Å²) in [7, 11) is 0. The molecular formula is C19H32N2. The van der Waals surface area contributed by atoms with Crippen molar-refractivity contribution in [1.82, 2.24) is 10.3 Å². The van der Waals surface area contributed by atoms with Crippen LogP contribution in [0.3, 0.4) is 0 Å². The van der Waals surface area contributed by atoms with Gasteiger partial charge >= 0.3 is 0 Å². The van der Waals surface area contributed by atoms with Crippen molar-refractivity contribution in [1.29, 1.82) is 0 Å². The molecule has 2 nitrogen and oxygen atoms in total. The Hall–Kier alpha value is -0.890. The molecular weight excluding hydrogens is 256 g/mol. The molecule has 0 aromatic carbocycles. The molecule has 0 bridgehead atoms. The maximum Gasteiger partial charge on any atom is 0.0270 e. The molecule has 1 unspecified atom stereocenters. The topological polar surface area (TPSA) is 24.9 Å². The van der Waals surface area contributed by atoms with E-state index in [0.717, 1.165) is 18.9 Å². The van der Waals surface area contributed by atoms with Crippen LogP contribution in [-0.2, 0) is 6.42 Å². The number of nitrogens with one attached hydrogen (secondary N) is 1. The lowest BCUT2D eigenvalue weighted by Crippen LogP contribution is -2.46. The van der Waals surface area contributed by atoms with E-state index in [1.165, 1.54) is 44.1 Å². The van der Waals surface area contributed by atoms with E-state index in [-0.39, 0.29) is 0 Å². The van der Waals surface area contributed by atoms with Crippen LogP contribution in [0.1, 0.15) is 64.9 Å². The van der Waals surface area contributed by atoms with Crippen molar-refractivity contribution in [3.63, 3.8) is 0 Å². The summed E-state index contributed by atoms with van der Waals surface area (Å²) in [5, 5.41) is 3.89. The highest BCUT2D eigenvalue weighted by molar-refractivity contribution is 5.13. The van der Waals surface area contributed by atoms with Gasteiger partial charge in [-0.05, 0) is 67.7 Å². The predicted molar refractivity (Wildman–Crippen MR) is 90.4 cm³/mol. The van der Waals surface area contributed by atoms with Crippen molar-refractivity contribution in [2.45, 2.75) is 71.8 Å².